The summed E-state index contributed by atoms with van der Waals surface area (Å²) >= 11 is 0. The topological polar surface area (TPSA) is 96.0 Å². The van der Waals surface area contributed by atoms with Crippen LogP contribution in [0.15, 0.2) is 48.5 Å². The zero-order valence-electron chi connectivity index (χ0n) is 23.6. The van der Waals surface area contributed by atoms with E-state index in [1.54, 1.807) is 29.2 Å². The summed E-state index contributed by atoms with van der Waals surface area (Å²) in [7, 11) is -3.56. The molecule has 0 aliphatic rings. The normalized spacial score (nSPS) is 12.9. The van der Waals surface area contributed by atoms with Gasteiger partial charge in [-0.3, -0.25) is 13.9 Å². The number of hydrogen-bond acceptors (Lipinski definition) is 5. The van der Waals surface area contributed by atoms with Gasteiger partial charge in [-0.05, 0) is 69.9 Å². The molecule has 8 nitrogen and oxygen atoms in total. The van der Waals surface area contributed by atoms with Gasteiger partial charge in [0.1, 0.15) is 11.8 Å². The standard InChI is InChI=1S/C29H43N3O5S/c1-7-23(5)30-29(34)27(8-2)31(21-24-14-12-22(4)13-15-24)28(33)11-10-20-32(38(6,35)36)25-16-18-26(19-17-25)37-9-3/h12-19,23,27H,7-11,20-21H2,1-6H3,(H,30,34)/t23-,27+/m0/s1. The van der Waals surface area contributed by atoms with Crippen LogP contribution in [-0.4, -0.2) is 56.6 Å². The second-order valence-corrected chi connectivity index (χ2v) is 11.5. The summed E-state index contributed by atoms with van der Waals surface area (Å²) in [5, 5.41) is 3.01. The smallest absolute Gasteiger partial charge is 0.243 e. The lowest BCUT2D eigenvalue weighted by atomic mass is 10.1. The van der Waals surface area contributed by atoms with Crippen molar-refractivity contribution in [2.24, 2.45) is 0 Å². The highest BCUT2D eigenvalue weighted by atomic mass is 32.2. The molecule has 210 valence electrons. The molecule has 0 aromatic heterocycles. The molecular weight excluding hydrogens is 502 g/mol. The van der Waals surface area contributed by atoms with Crippen molar-refractivity contribution in [1.29, 1.82) is 0 Å². The van der Waals surface area contributed by atoms with Gasteiger partial charge in [-0.1, -0.05) is 43.7 Å². The van der Waals surface area contributed by atoms with Crippen LogP contribution >= 0.6 is 0 Å². The first kappa shape index (κ1) is 31.1. The molecule has 2 aromatic carbocycles. The number of nitrogens with one attached hydrogen (secondary N) is 1. The van der Waals surface area contributed by atoms with Gasteiger partial charge in [0.05, 0.1) is 18.6 Å². The molecule has 1 N–H and O–H groups in total. The Bertz CT molecular complexity index is 1130. The fourth-order valence-electron chi connectivity index (χ4n) is 4.13. The molecule has 0 radical (unpaired) electrons. The Morgan fingerprint density at radius 1 is 0.974 bits per heavy atom. The lowest BCUT2D eigenvalue weighted by Gasteiger charge is -2.32. The van der Waals surface area contributed by atoms with Crippen molar-refractivity contribution in [2.75, 3.05) is 23.7 Å². The van der Waals surface area contributed by atoms with Gasteiger partial charge < -0.3 is 15.0 Å². The van der Waals surface area contributed by atoms with E-state index in [0.29, 0.717) is 37.4 Å². The molecule has 0 saturated heterocycles. The summed E-state index contributed by atoms with van der Waals surface area (Å²) in [6, 6.07) is 14.1. The molecular formula is C29H43N3O5S. The van der Waals surface area contributed by atoms with Crippen molar-refractivity contribution in [3.8, 4) is 5.75 Å². The van der Waals surface area contributed by atoms with Gasteiger partial charge in [-0.15, -0.1) is 0 Å². The largest absolute Gasteiger partial charge is 0.494 e. The minimum absolute atomic E-state index is 0.00492. The van der Waals surface area contributed by atoms with Gasteiger partial charge in [0.15, 0.2) is 0 Å². The second-order valence-electron chi connectivity index (χ2n) is 9.61. The first-order chi connectivity index (χ1) is 18.0. The van der Waals surface area contributed by atoms with Crippen molar-refractivity contribution in [3.63, 3.8) is 0 Å². The fraction of sp³-hybridized carbons (Fsp3) is 0.517. The van der Waals surface area contributed by atoms with Crippen molar-refractivity contribution in [1.82, 2.24) is 10.2 Å². The molecule has 0 unspecified atom stereocenters. The lowest BCUT2D eigenvalue weighted by Crippen LogP contribution is -2.50. The van der Waals surface area contributed by atoms with E-state index in [-0.39, 0.29) is 30.8 Å². The molecule has 9 heteroatoms. The average molecular weight is 546 g/mol. The van der Waals surface area contributed by atoms with E-state index in [4.69, 9.17) is 4.74 Å². The average Bonchev–Trinajstić information content (AvgIpc) is 2.87. The summed E-state index contributed by atoms with van der Waals surface area (Å²) in [5.74, 6) is 0.305. The van der Waals surface area contributed by atoms with Crippen LogP contribution in [0.4, 0.5) is 5.69 Å². The van der Waals surface area contributed by atoms with E-state index < -0.39 is 16.1 Å². The van der Waals surface area contributed by atoms with Gasteiger partial charge in [-0.25, -0.2) is 8.42 Å². The highest BCUT2D eigenvalue weighted by Gasteiger charge is 2.29. The van der Waals surface area contributed by atoms with Crippen LogP contribution in [0.5, 0.6) is 5.75 Å². The van der Waals surface area contributed by atoms with Crippen LogP contribution in [0, 0.1) is 6.92 Å². The van der Waals surface area contributed by atoms with E-state index in [2.05, 4.69) is 5.32 Å². The van der Waals surface area contributed by atoms with Crippen molar-refractivity contribution in [2.45, 2.75) is 78.9 Å². The van der Waals surface area contributed by atoms with Crippen LogP contribution in [0.3, 0.4) is 0 Å². The third kappa shape index (κ3) is 9.35. The number of benzene rings is 2. The van der Waals surface area contributed by atoms with Crippen LogP contribution in [0.2, 0.25) is 0 Å². The minimum Gasteiger partial charge on any atom is -0.494 e. The predicted molar refractivity (Wildman–Crippen MR) is 153 cm³/mol. The third-order valence-electron chi connectivity index (χ3n) is 6.45. The van der Waals surface area contributed by atoms with E-state index in [0.717, 1.165) is 23.8 Å². The van der Waals surface area contributed by atoms with Gasteiger partial charge in [-0.2, -0.15) is 0 Å². The maximum absolute atomic E-state index is 13.5. The number of anilines is 1. The Labute approximate surface area is 228 Å². The number of ether oxygens (including phenoxy) is 1. The Morgan fingerprint density at radius 2 is 1.61 bits per heavy atom. The van der Waals surface area contributed by atoms with Gasteiger partial charge in [0, 0.05) is 25.6 Å². The number of amides is 2. The highest BCUT2D eigenvalue weighted by molar-refractivity contribution is 7.92. The quantitative estimate of drug-likeness (QED) is 0.351. The third-order valence-corrected chi connectivity index (χ3v) is 7.64. The lowest BCUT2D eigenvalue weighted by molar-refractivity contribution is -0.141. The zero-order valence-corrected chi connectivity index (χ0v) is 24.4. The van der Waals surface area contributed by atoms with Gasteiger partial charge in [0.2, 0.25) is 21.8 Å². The molecule has 2 rings (SSSR count). The summed E-state index contributed by atoms with van der Waals surface area (Å²) in [5.41, 5.74) is 2.56. The van der Waals surface area contributed by atoms with Gasteiger partial charge >= 0.3 is 0 Å². The van der Waals surface area contributed by atoms with E-state index in [1.165, 1.54) is 4.31 Å². The molecule has 0 heterocycles. The van der Waals surface area contributed by atoms with Crippen molar-refractivity contribution in [3.05, 3.63) is 59.7 Å². The Kier molecular flexibility index (Phi) is 12.1. The molecule has 0 bridgehead atoms. The first-order valence-electron chi connectivity index (χ1n) is 13.4. The maximum Gasteiger partial charge on any atom is 0.243 e. The summed E-state index contributed by atoms with van der Waals surface area (Å²) < 4.78 is 31.8. The summed E-state index contributed by atoms with van der Waals surface area (Å²) in [6.45, 7) is 10.7. The van der Waals surface area contributed by atoms with Crippen molar-refractivity contribution < 1.29 is 22.7 Å². The van der Waals surface area contributed by atoms with Crippen LogP contribution in [-0.2, 0) is 26.2 Å². The Balaban J connectivity index is 2.20. The Hall–Kier alpha value is -3.07. The van der Waals surface area contributed by atoms with E-state index in [9.17, 15) is 18.0 Å². The molecule has 2 aromatic rings. The molecule has 0 saturated carbocycles. The van der Waals surface area contributed by atoms with Crippen LogP contribution < -0.4 is 14.4 Å². The SMILES string of the molecule is CCOc1ccc(N(CCCC(=O)N(Cc2ccc(C)cc2)[C@H](CC)C(=O)N[C@@H](C)CC)S(C)(=O)=O)cc1. The van der Waals surface area contributed by atoms with Crippen LogP contribution in [0.25, 0.3) is 0 Å². The molecule has 2 amide bonds. The number of aryl methyl sites for hydroxylation is 1. The molecule has 38 heavy (non-hydrogen) atoms. The number of carbonyl (C=O) groups excluding carboxylic acids is 2. The molecule has 0 aliphatic heterocycles. The fourth-order valence-corrected chi connectivity index (χ4v) is 5.10. The van der Waals surface area contributed by atoms with E-state index >= 15 is 0 Å². The zero-order chi connectivity index (χ0) is 28.3. The maximum atomic E-state index is 13.5. The number of carbonyl (C=O) groups is 2. The number of rotatable bonds is 15. The number of hydrogen-bond donors (Lipinski definition) is 1. The number of sulfonamides is 1. The molecule has 0 spiro atoms. The van der Waals surface area contributed by atoms with Gasteiger partial charge in [0.25, 0.3) is 0 Å². The summed E-state index contributed by atoms with van der Waals surface area (Å²) in [4.78, 5) is 28.3. The Morgan fingerprint density at radius 3 is 2.13 bits per heavy atom. The summed E-state index contributed by atoms with van der Waals surface area (Å²) in [6.07, 6.45) is 2.85. The molecule has 0 aliphatic carbocycles. The molecule has 2 atom stereocenters. The highest BCUT2D eigenvalue weighted by Crippen LogP contribution is 2.23. The van der Waals surface area contributed by atoms with E-state index in [1.807, 2.05) is 58.9 Å². The minimum atomic E-state index is -3.56. The predicted octanol–water partition coefficient (Wildman–Crippen LogP) is 4.66. The number of nitrogens with zero attached hydrogens (tertiary/aromatic N) is 2. The van der Waals surface area contributed by atoms with Crippen LogP contribution in [0.1, 0.15) is 64.5 Å². The first-order valence-corrected chi connectivity index (χ1v) is 15.2. The van der Waals surface area contributed by atoms with Crippen molar-refractivity contribution >= 4 is 27.5 Å². The molecule has 0 fully saturated rings. The monoisotopic (exact) mass is 545 g/mol. The second kappa shape index (κ2) is 14.8.